The van der Waals surface area contributed by atoms with Crippen LogP contribution in [-0.4, -0.2) is 23.5 Å². The van der Waals surface area contributed by atoms with Crippen molar-refractivity contribution in [3.63, 3.8) is 0 Å². The summed E-state index contributed by atoms with van der Waals surface area (Å²) in [5, 5.41) is 14.4. The topological polar surface area (TPSA) is 87.7 Å². The number of nitrogens with one attached hydrogen (secondary N) is 1. The van der Waals surface area contributed by atoms with Crippen molar-refractivity contribution < 1.29 is 10.0 Å². The molecule has 0 aromatic rings. The zero-order chi connectivity index (χ0) is 13.3. The van der Waals surface area contributed by atoms with Crippen LogP contribution in [0.15, 0.2) is 5.16 Å². The summed E-state index contributed by atoms with van der Waals surface area (Å²) in [5.41, 5.74) is 5.50. The first-order valence-corrected chi connectivity index (χ1v) is 6.28. The molecule has 0 aromatic heterocycles. The van der Waals surface area contributed by atoms with Crippen molar-refractivity contribution in [3.8, 4) is 0 Å². The maximum absolute atomic E-state index is 11.8. The van der Waals surface area contributed by atoms with E-state index in [0.717, 1.165) is 19.3 Å². The maximum Gasteiger partial charge on any atom is 0.230 e. The molecule has 0 aliphatic heterocycles. The Kier molecular flexibility index (Phi) is 8.19. The molecule has 5 heteroatoms. The van der Waals surface area contributed by atoms with Gasteiger partial charge in [-0.15, -0.1) is 0 Å². The summed E-state index contributed by atoms with van der Waals surface area (Å²) in [6.45, 7) is 6.91. The highest BCUT2D eigenvalue weighted by atomic mass is 16.4. The molecule has 1 amide bonds. The van der Waals surface area contributed by atoms with E-state index in [1.165, 1.54) is 0 Å². The summed E-state index contributed by atoms with van der Waals surface area (Å²) < 4.78 is 0. The molecule has 0 saturated heterocycles. The summed E-state index contributed by atoms with van der Waals surface area (Å²) in [6.07, 6.45) is 3.47. The van der Waals surface area contributed by atoms with E-state index in [-0.39, 0.29) is 11.7 Å². The molecule has 0 aliphatic rings. The second-order valence-electron chi connectivity index (χ2n) is 4.69. The molecule has 0 saturated carbocycles. The third-order valence-electron chi connectivity index (χ3n) is 2.62. The fourth-order valence-electron chi connectivity index (χ4n) is 1.62. The number of carbonyl (C=O) groups excluding carboxylic acids is 1. The lowest BCUT2D eigenvalue weighted by molar-refractivity contribution is -0.123. The number of carbonyl (C=O) groups is 1. The van der Waals surface area contributed by atoms with Gasteiger partial charge in [0.2, 0.25) is 5.91 Å². The number of hydrogen-bond acceptors (Lipinski definition) is 3. The van der Waals surface area contributed by atoms with Crippen LogP contribution < -0.4 is 11.1 Å². The molecule has 0 spiro atoms. The molecule has 0 fully saturated rings. The van der Waals surface area contributed by atoms with Gasteiger partial charge in [-0.25, -0.2) is 0 Å². The average Bonchev–Trinajstić information content (AvgIpc) is 2.30. The summed E-state index contributed by atoms with van der Waals surface area (Å²) in [4.78, 5) is 11.8. The number of amidine groups is 1. The van der Waals surface area contributed by atoms with Crippen LogP contribution >= 0.6 is 0 Å². The van der Waals surface area contributed by atoms with Crippen LogP contribution in [0.2, 0.25) is 0 Å². The van der Waals surface area contributed by atoms with Crippen molar-refractivity contribution in [1.82, 2.24) is 5.32 Å². The molecular weight excluding hydrogens is 218 g/mol. The van der Waals surface area contributed by atoms with Crippen LogP contribution in [0.1, 0.15) is 46.5 Å². The van der Waals surface area contributed by atoms with Gasteiger partial charge in [0.15, 0.2) is 5.84 Å². The fraction of sp³-hybridized carbons (Fsp3) is 0.833. The average molecular weight is 243 g/mol. The molecule has 1 unspecified atom stereocenters. The van der Waals surface area contributed by atoms with Crippen molar-refractivity contribution in [2.75, 3.05) is 6.54 Å². The molecule has 0 rings (SSSR count). The predicted octanol–water partition coefficient (Wildman–Crippen LogP) is 1.70. The highest BCUT2D eigenvalue weighted by molar-refractivity contribution is 6.01. The van der Waals surface area contributed by atoms with E-state index in [4.69, 9.17) is 10.9 Å². The highest BCUT2D eigenvalue weighted by Crippen LogP contribution is 2.07. The molecule has 100 valence electrons. The van der Waals surface area contributed by atoms with E-state index >= 15 is 0 Å². The first-order chi connectivity index (χ1) is 8.02. The largest absolute Gasteiger partial charge is 0.409 e. The third kappa shape index (κ3) is 6.81. The van der Waals surface area contributed by atoms with Crippen molar-refractivity contribution in [2.24, 2.45) is 22.7 Å². The lowest BCUT2D eigenvalue weighted by Crippen LogP contribution is -2.39. The van der Waals surface area contributed by atoms with E-state index in [0.29, 0.717) is 18.9 Å². The molecule has 17 heavy (non-hydrogen) atoms. The van der Waals surface area contributed by atoms with E-state index in [1.807, 2.05) is 6.92 Å². The Balaban J connectivity index is 4.07. The number of hydrogen-bond donors (Lipinski definition) is 3. The predicted molar refractivity (Wildman–Crippen MR) is 68.9 cm³/mol. The van der Waals surface area contributed by atoms with Gasteiger partial charge in [-0.05, 0) is 25.2 Å². The summed E-state index contributed by atoms with van der Waals surface area (Å²) in [5.74, 6) is -0.0226. The molecule has 1 atom stereocenters. The maximum atomic E-state index is 11.8. The van der Waals surface area contributed by atoms with E-state index in [1.54, 1.807) is 0 Å². The number of nitrogens with two attached hydrogens (primary N) is 1. The molecule has 0 bridgehead atoms. The number of oxime groups is 1. The Hall–Kier alpha value is -1.26. The minimum absolute atomic E-state index is 0.00629. The summed E-state index contributed by atoms with van der Waals surface area (Å²) >= 11 is 0. The molecular formula is C12H25N3O2. The lowest BCUT2D eigenvalue weighted by atomic mass is 10.0. The molecule has 0 aliphatic carbocycles. The Labute approximate surface area is 103 Å². The van der Waals surface area contributed by atoms with Crippen molar-refractivity contribution >= 4 is 11.7 Å². The Morgan fingerprint density at radius 1 is 1.41 bits per heavy atom. The standard InChI is InChI=1S/C12H25N3O2/c1-4-6-10(11(13)15-17)12(16)14-8-5-7-9(2)3/h9-10,17H,4-8H2,1-3H3,(H2,13,15)(H,14,16). The normalized spacial score (nSPS) is 13.8. The van der Waals surface area contributed by atoms with Crippen LogP contribution in [0.3, 0.4) is 0 Å². The molecule has 4 N–H and O–H groups in total. The van der Waals surface area contributed by atoms with Crippen LogP contribution in [0.4, 0.5) is 0 Å². The number of nitrogens with zero attached hydrogens (tertiary/aromatic N) is 1. The monoisotopic (exact) mass is 243 g/mol. The van der Waals surface area contributed by atoms with Crippen molar-refractivity contribution in [1.29, 1.82) is 0 Å². The van der Waals surface area contributed by atoms with Crippen LogP contribution in [0.25, 0.3) is 0 Å². The van der Waals surface area contributed by atoms with E-state index in [9.17, 15) is 4.79 Å². The van der Waals surface area contributed by atoms with Gasteiger partial charge in [0.05, 0.1) is 5.92 Å². The highest BCUT2D eigenvalue weighted by Gasteiger charge is 2.21. The Morgan fingerprint density at radius 2 is 2.06 bits per heavy atom. The van der Waals surface area contributed by atoms with Crippen molar-refractivity contribution in [2.45, 2.75) is 46.5 Å². The molecule has 5 nitrogen and oxygen atoms in total. The zero-order valence-electron chi connectivity index (χ0n) is 11.1. The summed E-state index contributed by atoms with van der Waals surface area (Å²) in [7, 11) is 0. The lowest BCUT2D eigenvalue weighted by Gasteiger charge is -2.14. The Morgan fingerprint density at radius 3 is 2.53 bits per heavy atom. The van der Waals surface area contributed by atoms with Crippen LogP contribution in [0, 0.1) is 11.8 Å². The molecule has 0 radical (unpaired) electrons. The van der Waals surface area contributed by atoms with Gasteiger partial charge >= 0.3 is 0 Å². The van der Waals surface area contributed by atoms with E-state index < -0.39 is 5.92 Å². The minimum Gasteiger partial charge on any atom is -0.409 e. The fourth-order valence-corrected chi connectivity index (χ4v) is 1.62. The van der Waals surface area contributed by atoms with Gasteiger partial charge < -0.3 is 16.3 Å². The Bertz CT molecular complexity index is 252. The second kappa shape index (κ2) is 8.84. The smallest absolute Gasteiger partial charge is 0.230 e. The van der Waals surface area contributed by atoms with E-state index in [2.05, 4.69) is 24.3 Å². The van der Waals surface area contributed by atoms with Gasteiger partial charge in [0.25, 0.3) is 0 Å². The van der Waals surface area contributed by atoms with Gasteiger partial charge in [0.1, 0.15) is 0 Å². The minimum atomic E-state index is -0.510. The van der Waals surface area contributed by atoms with Gasteiger partial charge in [-0.3, -0.25) is 4.79 Å². The van der Waals surface area contributed by atoms with Gasteiger partial charge in [0, 0.05) is 6.54 Å². The van der Waals surface area contributed by atoms with Crippen LogP contribution in [-0.2, 0) is 4.79 Å². The molecule has 0 aromatic carbocycles. The summed E-state index contributed by atoms with van der Waals surface area (Å²) in [6, 6.07) is 0. The van der Waals surface area contributed by atoms with Crippen molar-refractivity contribution in [3.05, 3.63) is 0 Å². The SMILES string of the molecule is CCCC(C(=O)NCCCC(C)C)C(N)=NO. The van der Waals surface area contributed by atoms with Gasteiger partial charge in [-0.2, -0.15) is 0 Å². The zero-order valence-corrected chi connectivity index (χ0v) is 11.1. The second-order valence-corrected chi connectivity index (χ2v) is 4.69. The first-order valence-electron chi connectivity index (χ1n) is 6.28. The number of rotatable bonds is 8. The third-order valence-corrected chi connectivity index (χ3v) is 2.62. The number of amides is 1. The quantitative estimate of drug-likeness (QED) is 0.199. The first kappa shape index (κ1) is 15.7. The van der Waals surface area contributed by atoms with Gasteiger partial charge in [-0.1, -0.05) is 32.3 Å². The van der Waals surface area contributed by atoms with Crippen LogP contribution in [0.5, 0.6) is 0 Å². The molecule has 0 heterocycles.